The first-order chi connectivity index (χ1) is 13.6. The highest BCUT2D eigenvalue weighted by Gasteiger charge is 2.13. The van der Waals surface area contributed by atoms with E-state index >= 15 is 0 Å². The van der Waals surface area contributed by atoms with Gasteiger partial charge in [0.1, 0.15) is 12.4 Å². The number of aliphatic hydroxyl groups is 1. The number of carbonyl (C=O) groups excluding carboxylic acids is 1. The van der Waals surface area contributed by atoms with Crippen molar-refractivity contribution < 1.29 is 19.4 Å². The summed E-state index contributed by atoms with van der Waals surface area (Å²) in [6.45, 7) is 5.41. The van der Waals surface area contributed by atoms with Gasteiger partial charge in [-0.15, -0.1) is 0 Å². The van der Waals surface area contributed by atoms with Crippen molar-refractivity contribution in [1.82, 2.24) is 5.32 Å². The number of hydrogen-bond acceptors (Lipinski definition) is 4. The van der Waals surface area contributed by atoms with Gasteiger partial charge in [-0.25, -0.2) is 4.79 Å². The van der Waals surface area contributed by atoms with Crippen LogP contribution in [0.3, 0.4) is 0 Å². The van der Waals surface area contributed by atoms with E-state index in [0.29, 0.717) is 31.4 Å². The monoisotopic (exact) mass is 386 g/mol. The number of para-hydroxylation sites is 1. The van der Waals surface area contributed by atoms with Crippen molar-refractivity contribution in [2.24, 2.45) is 5.92 Å². The third-order valence-electron chi connectivity index (χ3n) is 4.00. The fourth-order valence-electron chi connectivity index (χ4n) is 2.76. The van der Waals surface area contributed by atoms with E-state index in [1.165, 1.54) is 0 Å². The number of amides is 2. The van der Waals surface area contributed by atoms with Gasteiger partial charge in [0.05, 0.1) is 25.9 Å². The Kier molecular flexibility index (Phi) is 9.31. The molecule has 0 saturated heterocycles. The molecule has 0 heterocycles. The molecule has 0 aliphatic carbocycles. The molecule has 1 unspecified atom stereocenters. The van der Waals surface area contributed by atoms with Crippen molar-refractivity contribution in [2.75, 3.05) is 25.1 Å². The number of nitrogens with one attached hydrogen (secondary N) is 2. The molecular formula is C22H30N2O4. The Hall–Kier alpha value is -2.57. The SMILES string of the molecule is CC(C)CC(CO)NC(=O)Nc1cccc(COCCOc2ccccc2)c1. The van der Waals surface area contributed by atoms with E-state index in [0.717, 1.165) is 17.7 Å². The average molecular weight is 386 g/mol. The third-order valence-corrected chi connectivity index (χ3v) is 4.00. The number of rotatable bonds is 11. The highest BCUT2D eigenvalue weighted by Crippen LogP contribution is 2.12. The topological polar surface area (TPSA) is 79.8 Å². The van der Waals surface area contributed by atoms with Crippen LogP contribution in [0.25, 0.3) is 0 Å². The smallest absolute Gasteiger partial charge is 0.319 e. The molecule has 0 aliphatic heterocycles. The van der Waals surface area contributed by atoms with Crippen LogP contribution in [0.5, 0.6) is 5.75 Å². The van der Waals surface area contributed by atoms with E-state index in [9.17, 15) is 9.90 Å². The van der Waals surface area contributed by atoms with Gasteiger partial charge in [0.2, 0.25) is 0 Å². The number of carbonyl (C=O) groups is 1. The molecule has 1 atom stereocenters. The fourth-order valence-corrected chi connectivity index (χ4v) is 2.76. The summed E-state index contributed by atoms with van der Waals surface area (Å²) < 4.78 is 11.2. The summed E-state index contributed by atoms with van der Waals surface area (Å²) in [6.07, 6.45) is 0.725. The number of benzene rings is 2. The molecule has 0 bridgehead atoms. The largest absolute Gasteiger partial charge is 0.491 e. The molecule has 6 nitrogen and oxygen atoms in total. The molecule has 2 amide bonds. The van der Waals surface area contributed by atoms with Crippen LogP contribution in [0.4, 0.5) is 10.5 Å². The molecule has 2 aromatic carbocycles. The average Bonchev–Trinajstić information content (AvgIpc) is 2.68. The summed E-state index contributed by atoms with van der Waals surface area (Å²) in [5.74, 6) is 1.21. The van der Waals surface area contributed by atoms with Crippen LogP contribution in [0, 0.1) is 5.92 Å². The van der Waals surface area contributed by atoms with Crippen LogP contribution in [-0.2, 0) is 11.3 Å². The van der Waals surface area contributed by atoms with Gasteiger partial charge >= 0.3 is 6.03 Å². The van der Waals surface area contributed by atoms with Gasteiger partial charge in [0.15, 0.2) is 0 Å². The summed E-state index contributed by atoms with van der Waals surface area (Å²) in [7, 11) is 0. The molecule has 6 heteroatoms. The van der Waals surface area contributed by atoms with Crippen molar-refractivity contribution in [1.29, 1.82) is 0 Å². The molecule has 0 aromatic heterocycles. The predicted molar refractivity (Wildman–Crippen MR) is 111 cm³/mol. The van der Waals surface area contributed by atoms with Crippen molar-refractivity contribution in [3.63, 3.8) is 0 Å². The molecule has 28 heavy (non-hydrogen) atoms. The molecule has 152 valence electrons. The van der Waals surface area contributed by atoms with Crippen LogP contribution in [0.2, 0.25) is 0 Å². The van der Waals surface area contributed by atoms with E-state index in [-0.39, 0.29) is 18.7 Å². The Balaban J connectivity index is 1.72. The van der Waals surface area contributed by atoms with Gasteiger partial charge in [0.25, 0.3) is 0 Å². The molecule has 0 aliphatic rings. The number of hydrogen-bond donors (Lipinski definition) is 3. The highest BCUT2D eigenvalue weighted by molar-refractivity contribution is 5.89. The molecule has 2 rings (SSSR count). The Labute approximate surface area is 166 Å². The van der Waals surface area contributed by atoms with E-state index < -0.39 is 0 Å². The molecule has 2 aromatic rings. The lowest BCUT2D eigenvalue weighted by molar-refractivity contribution is 0.0889. The minimum Gasteiger partial charge on any atom is -0.491 e. The molecule has 3 N–H and O–H groups in total. The molecular weight excluding hydrogens is 356 g/mol. The normalized spacial score (nSPS) is 11.9. The molecule has 0 spiro atoms. The van der Waals surface area contributed by atoms with Crippen molar-refractivity contribution in [3.05, 3.63) is 60.2 Å². The first-order valence-electron chi connectivity index (χ1n) is 9.59. The molecule has 0 radical (unpaired) electrons. The zero-order valence-electron chi connectivity index (χ0n) is 16.6. The summed E-state index contributed by atoms with van der Waals surface area (Å²) in [5, 5.41) is 15.0. The summed E-state index contributed by atoms with van der Waals surface area (Å²) in [6, 6.07) is 16.5. The maximum atomic E-state index is 12.1. The van der Waals surface area contributed by atoms with E-state index in [2.05, 4.69) is 24.5 Å². The van der Waals surface area contributed by atoms with E-state index in [1.54, 1.807) is 0 Å². The van der Waals surface area contributed by atoms with Crippen LogP contribution in [0.15, 0.2) is 54.6 Å². The van der Waals surface area contributed by atoms with Gasteiger partial charge in [0, 0.05) is 5.69 Å². The second-order valence-corrected chi connectivity index (χ2v) is 7.02. The van der Waals surface area contributed by atoms with Gasteiger partial charge in [-0.05, 0) is 42.2 Å². The fraction of sp³-hybridized carbons (Fsp3) is 0.409. The second-order valence-electron chi connectivity index (χ2n) is 7.02. The minimum atomic E-state index is -0.325. The zero-order chi connectivity index (χ0) is 20.2. The Morgan fingerprint density at radius 2 is 1.86 bits per heavy atom. The van der Waals surface area contributed by atoms with Crippen LogP contribution in [0.1, 0.15) is 25.8 Å². The first kappa shape index (κ1) is 21.7. The van der Waals surface area contributed by atoms with Crippen molar-refractivity contribution in [2.45, 2.75) is 32.9 Å². The van der Waals surface area contributed by atoms with E-state index in [1.807, 2.05) is 54.6 Å². The first-order valence-corrected chi connectivity index (χ1v) is 9.59. The summed E-state index contributed by atoms with van der Waals surface area (Å²) in [5.41, 5.74) is 1.64. The quantitative estimate of drug-likeness (QED) is 0.513. The summed E-state index contributed by atoms with van der Waals surface area (Å²) in [4.78, 5) is 12.1. The number of ether oxygens (including phenoxy) is 2. The minimum absolute atomic E-state index is 0.0788. The zero-order valence-corrected chi connectivity index (χ0v) is 16.6. The van der Waals surface area contributed by atoms with Gasteiger partial charge in [-0.2, -0.15) is 0 Å². The third kappa shape index (κ3) is 8.41. The maximum absolute atomic E-state index is 12.1. The lowest BCUT2D eigenvalue weighted by Crippen LogP contribution is -2.40. The lowest BCUT2D eigenvalue weighted by atomic mass is 10.0. The highest BCUT2D eigenvalue weighted by atomic mass is 16.5. The molecule has 0 fully saturated rings. The Morgan fingerprint density at radius 1 is 1.07 bits per heavy atom. The van der Waals surface area contributed by atoms with Crippen LogP contribution in [-0.4, -0.2) is 37.0 Å². The number of aliphatic hydroxyl groups excluding tert-OH is 1. The second kappa shape index (κ2) is 12.0. The maximum Gasteiger partial charge on any atom is 0.319 e. The van der Waals surface area contributed by atoms with Gasteiger partial charge in [-0.1, -0.05) is 44.2 Å². The number of anilines is 1. The van der Waals surface area contributed by atoms with E-state index in [4.69, 9.17) is 9.47 Å². The Morgan fingerprint density at radius 3 is 2.57 bits per heavy atom. The van der Waals surface area contributed by atoms with Crippen molar-refractivity contribution >= 4 is 11.7 Å². The standard InChI is InChI=1S/C22H30N2O4/c1-17(2)13-20(15-25)24-22(26)23-19-8-6-7-18(14-19)16-27-11-12-28-21-9-4-3-5-10-21/h3-10,14,17,20,25H,11-13,15-16H2,1-2H3,(H2,23,24,26). The predicted octanol–water partition coefficient (Wildman–Crippen LogP) is 3.81. The van der Waals surface area contributed by atoms with Crippen molar-refractivity contribution in [3.8, 4) is 5.75 Å². The van der Waals surface area contributed by atoms with Gasteiger partial charge in [-0.3, -0.25) is 0 Å². The van der Waals surface area contributed by atoms with Crippen LogP contribution >= 0.6 is 0 Å². The number of urea groups is 1. The Bertz CT molecular complexity index is 707. The van der Waals surface area contributed by atoms with Crippen LogP contribution < -0.4 is 15.4 Å². The lowest BCUT2D eigenvalue weighted by Gasteiger charge is -2.18. The summed E-state index contributed by atoms with van der Waals surface area (Å²) >= 11 is 0. The molecule has 0 saturated carbocycles. The van der Waals surface area contributed by atoms with Gasteiger partial charge < -0.3 is 25.2 Å².